The molecular formula is C17H21F3N2O3S. The van der Waals surface area contributed by atoms with Crippen LogP contribution in [0.5, 0.6) is 0 Å². The normalized spacial score (nSPS) is 22.5. The molecule has 144 valence electrons. The fraction of sp³-hybridized carbons (Fsp3) is 0.529. The first-order valence-corrected chi connectivity index (χ1v) is 10.2. The molecule has 1 aromatic rings. The molecule has 5 nitrogen and oxygen atoms in total. The van der Waals surface area contributed by atoms with Gasteiger partial charge in [-0.05, 0) is 38.0 Å². The highest BCUT2D eigenvalue weighted by molar-refractivity contribution is 7.90. The third kappa shape index (κ3) is 3.89. The number of hydrazine groups is 1. The van der Waals surface area contributed by atoms with Crippen LogP contribution in [0.2, 0.25) is 0 Å². The van der Waals surface area contributed by atoms with Gasteiger partial charge in [0.1, 0.15) is 0 Å². The molecule has 0 saturated carbocycles. The van der Waals surface area contributed by atoms with Crippen molar-refractivity contribution in [2.75, 3.05) is 31.0 Å². The van der Waals surface area contributed by atoms with Crippen LogP contribution >= 0.6 is 0 Å². The van der Waals surface area contributed by atoms with Crippen LogP contribution in [0.25, 0.3) is 0 Å². The average Bonchev–Trinajstić information content (AvgIpc) is 3.14. The molecule has 1 saturated heterocycles. The van der Waals surface area contributed by atoms with Crippen LogP contribution in [0.1, 0.15) is 19.8 Å². The highest BCUT2D eigenvalue weighted by Crippen LogP contribution is 2.39. The first-order valence-electron chi connectivity index (χ1n) is 8.31. The van der Waals surface area contributed by atoms with Crippen LogP contribution in [0.15, 0.2) is 40.4 Å². The first-order chi connectivity index (χ1) is 12.1. The van der Waals surface area contributed by atoms with Crippen LogP contribution in [0, 0.1) is 0 Å². The summed E-state index contributed by atoms with van der Waals surface area (Å²) in [6.45, 7) is 2.06. The van der Waals surface area contributed by atoms with E-state index >= 15 is 0 Å². The van der Waals surface area contributed by atoms with E-state index in [9.17, 15) is 21.6 Å². The minimum absolute atomic E-state index is 0.0566. The van der Waals surface area contributed by atoms with Crippen molar-refractivity contribution in [3.8, 4) is 0 Å². The molecule has 0 bridgehead atoms. The quantitative estimate of drug-likeness (QED) is 0.791. The molecule has 0 aliphatic carbocycles. The number of halogens is 3. The van der Waals surface area contributed by atoms with Gasteiger partial charge in [-0.1, -0.05) is 6.07 Å². The maximum atomic E-state index is 13.4. The molecule has 0 N–H and O–H groups in total. The number of sulfone groups is 1. The van der Waals surface area contributed by atoms with E-state index in [-0.39, 0.29) is 23.2 Å². The van der Waals surface area contributed by atoms with Crippen molar-refractivity contribution in [3.05, 3.63) is 35.5 Å². The molecule has 2 heterocycles. The van der Waals surface area contributed by atoms with Gasteiger partial charge in [0.25, 0.3) is 0 Å². The van der Waals surface area contributed by atoms with E-state index in [1.807, 2.05) is 0 Å². The Morgan fingerprint density at radius 3 is 2.62 bits per heavy atom. The van der Waals surface area contributed by atoms with Gasteiger partial charge in [-0.3, -0.25) is 5.01 Å². The summed E-state index contributed by atoms with van der Waals surface area (Å²) >= 11 is 0. The number of alkyl halides is 3. The third-order valence-corrected chi connectivity index (χ3v) is 5.76. The predicted octanol–water partition coefficient (Wildman–Crippen LogP) is 3.14. The maximum absolute atomic E-state index is 13.4. The van der Waals surface area contributed by atoms with Crippen LogP contribution in [0.3, 0.4) is 0 Å². The summed E-state index contributed by atoms with van der Waals surface area (Å²) in [7, 11) is -3.46. The Morgan fingerprint density at radius 1 is 1.31 bits per heavy atom. The number of hydrogen-bond donors (Lipinski definition) is 0. The maximum Gasteiger partial charge on any atom is 0.415 e. The van der Waals surface area contributed by atoms with Gasteiger partial charge in [0.2, 0.25) is 0 Å². The summed E-state index contributed by atoms with van der Waals surface area (Å²) < 4.78 is 69.5. The fourth-order valence-corrected chi connectivity index (χ4v) is 4.04. The Balaban J connectivity index is 1.99. The summed E-state index contributed by atoms with van der Waals surface area (Å²) in [5.74, 6) is 0. The molecule has 9 heteroatoms. The van der Waals surface area contributed by atoms with E-state index in [2.05, 4.69) is 0 Å². The number of allylic oxidation sites excluding steroid dienone is 1. The van der Waals surface area contributed by atoms with Crippen LogP contribution in [0.4, 0.5) is 18.9 Å². The molecule has 1 unspecified atom stereocenters. The smallest absolute Gasteiger partial charge is 0.377 e. The van der Waals surface area contributed by atoms with Gasteiger partial charge in [-0.25, -0.2) is 13.4 Å². The van der Waals surface area contributed by atoms with Crippen molar-refractivity contribution in [1.82, 2.24) is 5.01 Å². The number of rotatable bonds is 4. The monoisotopic (exact) mass is 390 g/mol. The summed E-state index contributed by atoms with van der Waals surface area (Å²) in [5, 5.41) is 3.04. The van der Waals surface area contributed by atoms with Crippen LogP contribution in [-0.4, -0.2) is 51.7 Å². The average molecular weight is 390 g/mol. The van der Waals surface area contributed by atoms with Gasteiger partial charge in [0.15, 0.2) is 9.84 Å². The summed E-state index contributed by atoms with van der Waals surface area (Å²) in [6.07, 6.45) is -1.81. The molecule has 2 aliphatic rings. The lowest BCUT2D eigenvalue weighted by Gasteiger charge is -2.33. The zero-order valence-corrected chi connectivity index (χ0v) is 15.4. The topological polar surface area (TPSA) is 49.9 Å². The SMILES string of the molecule is CC1=C(C(F)(F)F)CN(CC2CCCO2)N1c1cccc(S(C)(=O)=O)c1. The predicted molar refractivity (Wildman–Crippen MR) is 91.3 cm³/mol. The molecule has 2 aliphatic heterocycles. The van der Waals surface area contributed by atoms with Gasteiger partial charge in [-0.2, -0.15) is 13.2 Å². The van der Waals surface area contributed by atoms with Crippen LogP contribution < -0.4 is 5.01 Å². The molecule has 0 spiro atoms. The number of ether oxygens (including phenoxy) is 1. The van der Waals surface area contributed by atoms with Gasteiger partial charge in [0.05, 0.1) is 28.8 Å². The Bertz CT molecular complexity index is 815. The highest BCUT2D eigenvalue weighted by atomic mass is 32.2. The third-order valence-electron chi connectivity index (χ3n) is 4.65. The molecule has 1 fully saturated rings. The Labute approximate surface area is 150 Å². The van der Waals surface area contributed by atoms with Gasteiger partial charge in [-0.15, -0.1) is 0 Å². The molecular weight excluding hydrogens is 369 g/mol. The lowest BCUT2D eigenvalue weighted by atomic mass is 10.2. The molecule has 3 rings (SSSR count). The van der Waals surface area contributed by atoms with Gasteiger partial charge >= 0.3 is 6.18 Å². The van der Waals surface area contributed by atoms with Crippen LogP contribution in [-0.2, 0) is 14.6 Å². The van der Waals surface area contributed by atoms with Crippen molar-refractivity contribution < 1.29 is 26.3 Å². The van der Waals surface area contributed by atoms with Crippen molar-refractivity contribution in [2.45, 2.75) is 36.9 Å². The summed E-state index contributed by atoms with van der Waals surface area (Å²) in [4.78, 5) is 0.0697. The number of anilines is 1. The number of benzene rings is 1. The van der Waals surface area contributed by atoms with Crippen molar-refractivity contribution in [1.29, 1.82) is 0 Å². The standard InChI is InChI=1S/C17H21F3N2O3S/c1-12-16(17(18,19)20)11-21(10-14-6-4-8-25-14)22(12)13-5-3-7-15(9-13)26(2,23)24/h3,5,7,9,14H,4,6,8,10-11H2,1-2H3. The lowest BCUT2D eigenvalue weighted by Crippen LogP contribution is -2.42. The van der Waals surface area contributed by atoms with E-state index in [1.165, 1.54) is 30.1 Å². The largest absolute Gasteiger partial charge is 0.415 e. The van der Waals surface area contributed by atoms with E-state index in [0.717, 1.165) is 19.1 Å². The molecule has 0 amide bonds. The molecule has 0 aromatic heterocycles. The van der Waals surface area contributed by atoms with Gasteiger partial charge < -0.3 is 4.74 Å². The summed E-state index contributed by atoms with van der Waals surface area (Å²) in [5.41, 5.74) is -0.177. The minimum Gasteiger partial charge on any atom is -0.377 e. The number of hydrogen-bond acceptors (Lipinski definition) is 5. The molecule has 1 atom stereocenters. The second kappa shape index (κ2) is 6.86. The second-order valence-electron chi connectivity index (χ2n) is 6.63. The second-order valence-corrected chi connectivity index (χ2v) is 8.64. The van der Waals surface area contributed by atoms with Crippen molar-refractivity contribution in [2.24, 2.45) is 0 Å². The Kier molecular flexibility index (Phi) is 5.06. The van der Waals surface area contributed by atoms with E-state index < -0.39 is 21.6 Å². The molecule has 1 aromatic carbocycles. The van der Waals surface area contributed by atoms with E-state index in [4.69, 9.17) is 4.74 Å². The number of nitrogens with zero attached hydrogens (tertiary/aromatic N) is 2. The van der Waals surface area contributed by atoms with E-state index in [1.54, 1.807) is 11.1 Å². The Morgan fingerprint density at radius 2 is 2.04 bits per heavy atom. The van der Waals surface area contributed by atoms with Gasteiger partial charge in [0, 0.05) is 25.1 Å². The zero-order chi connectivity index (χ0) is 19.1. The van der Waals surface area contributed by atoms with Crippen molar-refractivity contribution >= 4 is 15.5 Å². The van der Waals surface area contributed by atoms with E-state index in [0.29, 0.717) is 18.8 Å². The lowest BCUT2D eigenvalue weighted by molar-refractivity contribution is -0.0943. The van der Waals surface area contributed by atoms with Crippen molar-refractivity contribution in [3.63, 3.8) is 0 Å². The Hall–Kier alpha value is -1.58. The fourth-order valence-electron chi connectivity index (χ4n) is 3.37. The molecule has 26 heavy (non-hydrogen) atoms. The zero-order valence-electron chi connectivity index (χ0n) is 14.6. The molecule has 0 radical (unpaired) electrons. The summed E-state index contributed by atoms with van der Waals surface area (Å²) in [6, 6.07) is 5.98. The highest BCUT2D eigenvalue weighted by Gasteiger charge is 2.44. The minimum atomic E-state index is -4.44. The first kappa shape index (κ1) is 19.2.